The predicted octanol–water partition coefficient (Wildman–Crippen LogP) is 4.89. The standard InChI is InChI=1S/C11H6BrClINO/c12-7-5-8(13)11(15-6-7)16-10-4-2-1-3-9(10)14/h1-6H. The summed E-state index contributed by atoms with van der Waals surface area (Å²) in [7, 11) is 0. The van der Waals surface area contributed by atoms with E-state index in [1.807, 2.05) is 24.3 Å². The Morgan fingerprint density at radius 2 is 2.06 bits per heavy atom. The number of rotatable bonds is 2. The van der Waals surface area contributed by atoms with Crippen molar-refractivity contribution in [3.8, 4) is 11.6 Å². The van der Waals surface area contributed by atoms with Crippen molar-refractivity contribution in [1.29, 1.82) is 0 Å². The average molecular weight is 410 g/mol. The van der Waals surface area contributed by atoms with E-state index in [2.05, 4.69) is 43.5 Å². The van der Waals surface area contributed by atoms with Crippen LogP contribution in [0, 0.1) is 3.57 Å². The molecule has 5 heteroatoms. The topological polar surface area (TPSA) is 22.1 Å². The third kappa shape index (κ3) is 2.87. The number of nitrogens with zero attached hydrogens (tertiary/aromatic N) is 1. The second-order valence-corrected chi connectivity index (χ2v) is 5.46. The van der Waals surface area contributed by atoms with E-state index in [4.69, 9.17) is 16.3 Å². The molecule has 0 atom stereocenters. The molecule has 0 aliphatic heterocycles. The first-order valence-corrected chi connectivity index (χ1v) is 6.65. The van der Waals surface area contributed by atoms with E-state index >= 15 is 0 Å². The quantitative estimate of drug-likeness (QED) is 0.658. The van der Waals surface area contributed by atoms with Crippen molar-refractivity contribution >= 4 is 50.1 Å². The fourth-order valence-electron chi connectivity index (χ4n) is 1.11. The van der Waals surface area contributed by atoms with Gasteiger partial charge in [-0.1, -0.05) is 23.7 Å². The minimum absolute atomic E-state index is 0.411. The van der Waals surface area contributed by atoms with Crippen LogP contribution in [0.25, 0.3) is 0 Å². The van der Waals surface area contributed by atoms with Gasteiger partial charge in [0.1, 0.15) is 10.8 Å². The van der Waals surface area contributed by atoms with Gasteiger partial charge in [-0.15, -0.1) is 0 Å². The summed E-state index contributed by atoms with van der Waals surface area (Å²) in [5.74, 6) is 1.16. The van der Waals surface area contributed by atoms with Crippen LogP contribution in [0.1, 0.15) is 0 Å². The Hall–Kier alpha value is -0.330. The lowest BCUT2D eigenvalue weighted by molar-refractivity contribution is 0.460. The van der Waals surface area contributed by atoms with Crippen LogP contribution >= 0.6 is 50.1 Å². The number of hydrogen-bond acceptors (Lipinski definition) is 2. The molecule has 0 amide bonds. The molecule has 0 saturated carbocycles. The van der Waals surface area contributed by atoms with Crippen LogP contribution in [0.3, 0.4) is 0 Å². The van der Waals surface area contributed by atoms with Gasteiger partial charge in [0.25, 0.3) is 0 Å². The second-order valence-electron chi connectivity index (χ2n) is 2.97. The summed E-state index contributed by atoms with van der Waals surface area (Å²) < 4.78 is 7.46. The van der Waals surface area contributed by atoms with E-state index in [1.54, 1.807) is 12.3 Å². The van der Waals surface area contributed by atoms with Crippen molar-refractivity contribution < 1.29 is 4.74 Å². The number of aromatic nitrogens is 1. The smallest absolute Gasteiger partial charge is 0.238 e. The minimum atomic E-state index is 0.411. The molecule has 0 aliphatic carbocycles. The highest BCUT2D eigenvalue weighted by Gasteiger charge is 2.07. The molecule has 1 heterocycles. The summed E-state index contributed by atoms with van der Waals surface area (Å²) in [6, 6.07) is 9.44. The molecule has 16 heavy (non-hydrogen) atoms. The lowest BCUT2D eigenvalue weighted by Gasteiger charge is -2.07. The molecule has 0 radical (unpaired) electrons. The summed E-state index contributed by atoms with van der Waals surface area (Å²) in [6.07, 6.45) is 1.65. The van der Waals surface area contributed by atoms with E-state index in [-0.39, 0.29) is 0 Å². The van der Waals surface area contributed by atoms with Gasteiger partial charge < -0.3 is 4.74 Å². The van der Waals surface area contributed by atoms with Gasteiger partial charge in [-0.05, 0) is 56.7 Å². The molecular formula is C11H6BrClINO. The Balaban J connectivity index is 2.31. The van der Waals surface area contributed by atoms with E-state index in [0.717, 1.165) is 13.8 Å². The van der Waals surface area contributed by atoms with Crippen LogP contribution in [-0.2, 0) is 0 Å². The van der Waals surface area contributed by atoms with E-state index < -0.39 is 0 Å². The third-order valence-corrected chi connectivity index (χ3v) is 3.41. The summed E-state index contributed by atoms with van der Waals surface area (Å²) in [6.45, 7) is 0. The molecule has 0 aliphatic rings. The summed E-state index contributed by atoms with van der Waals surface area (Å²) in [4.78, 5) is 4.11. The van der Waals surface area contributed by atoms with Crippen LogP contribution in [0.15, 0.2) is 41.0 Å². The van der Waals surface area contributed by atoms with Gasteiger partial charge in [0.2, 0.25) is 5.88 Å². The molecule has 0 bridgehead atoms. The van der Waals surface area contributed by atoms with Crippen molar-refractivity contribution in [2.75, 3.05) is 0 Å². The molecule has 1 aromatic heterocycles. The number of para-hydroxylation sites is 1. The second kappa shape index (κ2) is 5.33. The maximum Gasteiger partial charge on any atom is 0.238 e. The van der Waals surface area contributed by atoms with Gasteiger partial charge in [0.15, 0.2) is 0 Å². The van der Waals surface area contributed by atoms with Crippen LogP contribution in [0.5, 0.6) is 11.6 Å². The summed E-state index contributed by atoms with van der Waals surface area (Å²) in [5, 5.41) is 0.481. The first kappa shape index (κ1) is 12.1. The molecule has 0 spiro atoms. The average Bonchev–Trinajstić information content (AvgIpc) is 2.25. The maximum absolute atomic E-state index is 6.01. The van der Waals surface area contributed by atoms with Crippen LogP contribution in [0.2, 0.25) is 5.02 Å². The molecule has 2 aromatic rings. The van der Waals surface area contributed by atoms with Gasteiger partial charge in [-0.3, -0.25) is 0 Å². The third-order valence-electron chi connectivity index (χ3n) is 1.82. The van der Waals surface area contributed by atoms with Crippen LogP contribution in [0.4, 0.5) is 0 Å². The fourth-order valence-corrected chi connectivity index (χ4v) is 2.27. The maximum atomic E-state index is 6.01. The van der Waals surface area contributed by atoms with Crippen molar-refractivity contribution in [2.24, 2.45) is 0 Å². The lowest BCUT2D eigenvalue weighted by Crippen LogP contribution is -1.90. The number of halogens is 3. The van der Waals surface area contributed by atoms with Crippen molar-refractivity contribution in [1.82, 2.24) is 4.98 Å². The fraction of sp³-hybridized carbons (Fsp3) is 0. The van der Waals surface area contributed by atoms with Crippen molar-refractivity contribution in [3.05, 3.63) is 49.6 Å². The Kier molecular flexibility index (Phi) is 4.05. The molecule has 1 aromatic carbocycles. The number of pyridine rings is 1. The number of ether oxygens (including phenoxy) is 1. The zero-order chi connectivity index (χ0) is 11.5. The Labute approximate surface area is 120 Å². The zero-order valence-corrected chi connectivity index (χ0v) is 12.5. The SMILES string of the molecule is Clc1cc(Br)cnc1Oc1ccccc1I. The minimum Gasteiger partial charge on any atom is -0.436 e. The van der Waals surface area contributed by atoms with E-state index in [9.17, 15) is 0 Å². The Bertz CT molecular complexity index is 521. The van der Waals surface area contributed by atoms with Gasteiger partial charge >= 0.3 is 0 Å². The normalized spacial score (nSPS) is 10.2. The Morgan fingerprint density at radius 1 is 1.31 bits per heavy atom. The molecule has 2 nitrogen and oxygen atoms in total. The van der Waals surface area contributed by atoms with Crippen LogP contribution in [-0.4, -0.2) is 4.98 Å². The van der Waals surface area contributed by atoms with E-state index in [1.165, 1.54) is 0 Å². The largest absolute Gasteiger partial charge is 0.436 e. The zero-order valence-electron chi connectivity index (χ0n) is 7.95. The van der Waals surface area contributed by atoms with Crippen LogP contribution < -0.4 is 4.74 Å². The first-order chi connectivity index (χ1) is 7.66. The lowest BCUT2D eigenvalue weighted by atomic mass is 10.3. The molecule has 0 N–H and O–H groups in total. The monoisotopic (exact) mass is 409 g/mol. The highest BCUT2D eigenvalue weighted by Crippen LogP contribution is 2.31. The molecule has 0 saturated heterocycles. The van der Waals surface area contributed by atoms with Gasteiger partial charge in [0.05, 0.1) is 3.57 Å². The van der Waals surface area contributed by atoms with E-state index in [0.29, 0.717) is 10.9 Å². The first-order valence-electron chi connectivity index (χ1n) is 4.40. The molecule has 0 unspecified atom stereocenters. The predicted molar refractivity (Wildman–Crippen MR) is 76.2 cm³/mol. The molecule has 2 rings (SSSR count). The number of hydrogen-bond donors (Lipinski definition) is 0. The highest BCUT2D eigenvalue weighted by molar-refractivity contribution is 14.1. The van der Waals surface area contributed by atoms with Gasteiger partial charge in [-0.25, -0.2) is 4.98 Å². The Morgan fingerprint density at radius 3 is 2.75 bits per heavy atom. The molecular weight excluding hydrogens is 404 g/mol. The number of benzene rings is 1. The summed E-state index contributed by atoms with van der Waals surface area (Å²) >= 11 is 11.5. The molecule has 82 valence electrons. The summed E-state index contributed by atoms with van der Waals surface area (Å²) in [5.41, 5.74) is 0. The highest BCUT2D eigenvalue weighted by atomic mass is 127. The molecule has 0 fully saturated rings. The van der Waals surface area contributed by atoms with Gasteiger partial charge in [-0.2, -0.15) is 0 Å². The van der Waals surface area contributed by atoms with Crippen molar-refractivity contribution in [3.63, 3.8) is 0 Å². The van der Waals surface area contributed by atoms with Crippen molar-refractivity contribution in [2.45, 2.75) is 0 Å². The van der Waals surface area contributed by atoms with Gasteiger partial charge in [0, 0.05) is 10.7 Å².